The zero-order valence-corrected chi connectivity index (χ0v) is 19.4. The summed E-state index contributed by atoms with van der Waals surface area (Å²) in [4.78, 5) is 18.0. The zero-order valence-electron chi connectivity index (χ0n) is 16.9. The zero-order chi connectivity index (χ0) is 21.2. The van der Waals surface area contributed by atoms with Crippen molar-refractivity contribution >= 4 is 49.1 Å². The summed E-state index contributed by atoms with van der Waals surface area (Å²) in [6.45, 7) is 6.46. The van der Waals surface area contributed by atoms with Crippen LogP contribution in [0.1, 0.15) is 28.4 Å². The van der Waals surface area contributed by atoms with E-state index in [9.17, 15) is 13.2 Å². The van der Waals surface area contributed by atoms with Crippen molar-refractivity contribution in [2.75, 3.05) is 17.8 Å². The van der Waals surface area contributed by atoms with E-state index < -0.39 is 15.7 Å². The van der Waals surface area contributed by atoms with E-state index in [1.165, 1.54) is 29.0 Å². The number of fused-ring (bicyclic) bond motifs is 1. The second-order valence-corrected chi connectivity index (χ2v) is 11.0. The molecular formula is C21H24N2O3S3. The summed E-state index contributed by atoms with van der Waals surface area (Å²) in [7, 11) is -3.38. The Labute approximate surface area is 179 Å². The van der Waals surface area contributed by atoms with E-state index in [1.54, 1.807) is 30.8 Å². The van der Waals surface area contributed by atoms with E-state index in [1.807, 2.05) is 6.26 Å². The Hall–Kier alpha value is -1.90. The summed E-state index contributed by atoms with van der Waals surface area (Å²) in [5.74, 6) is 0.465. The number of amides is 1. The molecule has 3 rings (SSSR count). The Morgan fingerprint density at radius 2 is 1.97 bits per heavy atom. The molecule has 0 saturated heterocycles. The number of aromatic nitrogens is 1. The second kappa shape index (κ2) is 8.85. The van der Waals surface area contributed by atoms with Crippen LogP contribution in [0.15, 0.2) is 46.3 Å². The summed E-state index contributed by atoms with van der Waals surface area (Å²) in [5.41, 5.74) is 3.69. The number of thiazole rings is 1. The van der Waals surface area contributed by atoms with Gasteiger partial charge in [-0.3, -0.25) is 4.79 Å². The Bertz CT molecular complexity index is 1240. The largest absolute Gasteiger partial charge is 0.315 e. The SMILES string of the molecule is CCS(=O)(=O)c1cccc(C(=O)N=c2sc3c(C)cc(C)cc3n2CCSC)c1. The van der Waals surface area contributed by atoms with Crippen LogP contribution < -0.4 is 4.80 Å². The van der Waals surface area contributed by atoms with Gasteiger partial charge in [-0.25, -0.2) is 8.42 Å². The third-order valence-corrected chi connectivity index (χ3v) is 8.20. The van der Waals surface area contributed by atoms with Crippen LogP contribution in [0.25, 0.3) is 10.2 Å². The fourth-order valence-corrected chi connectivity index (χ4v) is 5.53. The van der Waals surface area contributed by atoms with Gasteiger partial charge in [0.2, 0.25) is 0 Å². The van der Waals surface area contributed by atoms with Crippen LogP contribution in [0.4, 0.5) is 0 Å². The highest BCUT2D eigenvalue weighted by Gasteiger charge is 2.15. The van der Waals surface area contributed by atoms with Crippen LogP contribution in [0.3, 0.4) is 0 Å². The first kappa shape index (κ1) is 21.8. The van der Waals surface area contributed by atoms with E-state index in [-0.39, 0.29) is 16.2 Å². The second-order valence-electron chi connectivity index (χ2n) is 6.81. The van der Waals surface area contributed by atoms with E-state index >= 15 is 0 Å². The van der Waals surface area contributed by atoms with Gasteiger partial charge in [0.25, 0.3) is 5.91 Å². The highest BCUT2D eigenvalue weighted by molar-refractivity contribution is 7.98. The number of carbonyl (C=O) groups is 1. The maximum Gasteiger partial charge on any atom is 0.279 e. The van der Waals surface area contributed by atoms with Gasteiger partial charge in [0.15, 0.2) is 14.6 Å². The molecule has 0 bridgehead atoms. The number of sulfone groups is 1. The normalized spacial score (nSPS) is 12.6. The molecule has 0 saturated carbocycles. The first-order valence-electron chi connectivity index (χ1n) is 9.28. The predicted octanol–water partition coefficient (Wildman–Crippen LogP) is 4.22. The highest BCUT2D eigenvalue weighted by atomic mass is 32.2. The molecule has 1 amide bonds. The number of carbonyl (C=O) groups excluding carboxylic acids is 1. The van der Waals surface area contributed by atoms with Crippen LogP contribution in [0.2, 0.25) is 0 Å². The Kier molecular flexibility index (Phi) is 6.65. The van der Waals surface area contributed by atoms with Crippen molar-refractivity contribution in [2.24, 2.45) is 4.99 Å². The minimum Gasteiger partial charge on any atom is -0.315 e. The van der Waals surface area contributed by atoms with Crippen molar-refractivity contribution in [3.05, 3.63) is 57.9 Å². The lowest BCUT2D eigenvalue weighted by Gasteiger charge is -2.06. The molecule has 0 atom stereocenters. The lowest BCUT2D eigenvalue weighted by atomic mass is 10.1. The van der Waals surface area contributed by atoms with E-state index in [2.05, 4.69) is 35.5 Å². The quantitative estimate of drug-likeness (QED) is 0.566. The van der Waals surface area contributed by atoms with Crippen LogP contribution in [0, 0.1) is 13.8 Å². The maximum absolute atomic E-state index is 12.9. The van der Waals surface area contributed by atoms with Gasteiger partial charge in [-0.1, -0.05) is 30.4 Å². The molecule has 5 nitrogen and oxygen atoms in total. The standard InChI is InChI=1S/C21H24N2O3S3/c1-5-29(25,26)17-8-6-7-16(13-17)20(24)22-21-23(9-10-27-4)18-12-14(2)11-15(3)19(18)28-21/h6-8,11-13H,5,9-10H2,1-4H3. The third kappa shape index (κ3) is 4.65. The molecule has 0 aliphatic heterocycles. The fraction of sp³-hybridized carbons (Fsp3) is 0.333. The van der Waals surface area contributed by atoms with Crippen molar-refractivity contribution < 1.29 is 13.2 Å². The molecule has 0 aliphatic rings. The number of benzene rings is 2. The summed E-state index contributed by atoms with van der Waals surface area (Å²) in [6.07, 6.45) is 2.05. The number of rotatable bonds is 6. The molecule has 0 spiro atoms. The Morgan fingerprint density at radius 3 is 2.66 bits per heavy atom. The van der Waals surface area contributed by atoms with Crippen LogP contribution in [-0.2, 0) is 16.4 Å². The molecule has 29 heavy (non-hydrogen) atoms. The molecule has 0 unspecified atom stereocenters. The molecule has 0 fully saturated rings. The molecule has 3 aromatic rings. The van der Waals surface area contributed by atoms with Gasteiger partial charge in [0, 0.05) is 17.9 Å². The molecule has 1 aromatic heterocycles. The van der Waals surface area contributed by atoms with Crippen molar-refractivity contribution in [1.82, 2.24) is 4.57 Å². The lowest BCUT2D eigenvalue weighted by molar-refractivity contribution is 0.0997. The Balaban J connectivity index is 2.14. The van der Waals surface area contributed by atoms with E-state index in [0.29, 0.717) is 4.80 Å². The number of aryl methyl sites for hydroxylation is 3. The molecule has 154 valence electrons. The average molecular weight is 449 g/mol. The summed E-state index contributed by atoms with van der Waals surface area (Å²) in [6, 6.07) is 10.4. The Morgan fingerprint density at radius 1 is 1.21 bits per heavy atom. The van der Waals surface area contributed by atoms with Gasteiger partial charge in [-0.2, -0.15) is 16.8 Å². The fourth-order valence-electron chi connectivity index (χ4n) is 3.14. The van der Waals surface area contributed by atoms with Crippen molar-refractivity contribution in [3.8, 4) is 0 Å². The topological polar surface area (TPSA) is 68.5 Å². The lowest BCUT2D eigenvalue weighted by Crippen LogP contribution is -2.18. The van der Waals surface area contributed by atoms with Crippen LogP contribution in [0.5, 0.6) is 0 Å². The van der Waals surface area contributed by atoms with Crippen molar-refractivity contribution in [2.45, 2.75) is 32.2 Å². The molecular weight excluding hydrogens is 424 g/mol. The number of hydrogen-bond donors (Lipinski definition) is 0. The third-order valence-electron chi connectivity index (χ3n) is 4.65. The maximum atomic E-state index is 12.9. The molecule has 1 heterocycles. The van der Waals surface area contributed by atoms with Gasteiger partial charge in [0.1, 0.15) is 0 Å². The smallest absolute Gasteiger partial charge is 0.279 e. The number of hydrogen-bond acceptors (Lipinski definition) is 5. The monoisotopic (exact) mass is 448 g/mol. The van der Waals surface area contributed by atoms with Gasteiger partial charge < -0.3 is 4.57 Å². The molecule has 2 aromatic carbocycles. The van der Waals surface area contributed by atoms with Crippen LogP contribution >= 0.6 is 23.1 Å². The average Bonchev–Trinajstić information content (AvgIpc) is 3.03. The highest BCUT2D eigenvalue weighted by Crippen LogP contribution is 2.24. The van der Waals surface area contributed by atoms with Gasteiger partial charge in [0.05, 0.1) is 20.9 Å². The molecule has 0 aliphatic carbocycles. The van der Waals surface area contributed by atoms with Gasteiger partial charge in [-0.05, 0) is 55.5 Å². The van der Waals surface area contributed by atoms with Gasteiger partial charge in [-0.15, -0.1) is 0 Å². The minimum absolute atomic E-state index is 0.00852. The van der Waals surface area contributed by atoms with E-state index in [0.717, 1.165) is 28.1 Å². The summed E-state index contributed by atoms with van der Waals surface area (Å²) >= 11 is 3.23. The first-order chi connectivity index (χ1) is 13.8. The number of nitrogens with zero attached hydrogens (tertiary/aromatic N) is 2. The van der Waals surface area contributed by atoms with Crippen molar-refractivity contribution in [3.63, 3.8) is 0 Å². The minimum atomic E-state index is -3.38. The summed E-state index contributed by atoms with van der Waals surface area (Å²) in [5, 5.41) is 0. The van der Waals surface area contributed by atoms with Crippen molar-refractivity contribution in [1.29, 1.82) is 0 Å². The van der Waals surface area contributed by atoms with Gasteiger partial charge >= 0.3 is 0 Å². The molecule has 0 N–H and O–H groups in total. The predicted molar refractivity (Wildman–Crippen MR) is 122 cm³/mol. The molecule has 8 heteroatoms. The summed E-state index contributed by atoms with van der Waals surface area (Å²) < 4.78 is 27.5. The molecule has 0 radical (unpaired) electrons. The number of thioether (sulfide) groups is 1. The van der Waals surface area contributed by atoms with E-state index in [4.69, 9.17) is 0 Å². The first-order valence-corrected chi connectivity index (χ1v) is 13.1. The van der Waals surface area contributed by atoms with Crippen LogP contribution in [-0.4, -0.2) is 36.7 Å².